The van der Waals surface area contributed by atoms with E-state index >= 15 is 0 Å². The molecule has 0 aliphatic heterocycles. The van der Waals surface area contributed by atoms with Crippen LogP contribution in [0.4, 0.5) is 5.69 Å². The van der Waals surface area contributed by atoms with Crippen molar-refractivity contribution in [2.45, 2.75) is 33.1 Å². The Balaban J connectivity index is 1.65. The number of oxazole rings is 1. The number of phenols is 1. The van der Waals surface area contributed by atoms with Gasteiger partial charge in [0.25, 0.3) is 0 Å². The second kappa shape index (κ2) is 8.44. The summed E-state index contributed by atoms with van der Waals surface area (Å²) >= 11 is 3.46. The van der Waals surface area contributed by atoms with Crippen LogP contribution in [0.2, 0.25) is 0 Å². The molecule has 1 aromatic heterocycles. The van der Waals surface area contributed by atoms with Crippen molar-refractivity contribution in [1.29, 1.82) is 0 Å². The Morgan fingerprint density at radius 3 is 2.80 bits per heavy atom. The molecule has 0 saturated heterocycles. The molecule has 0 fully saturated rings. The van der Waals surface area contributed by atoms with Crippen LogP contribution in [0.1, 0.15) is 42.9 Å². The average Bonchev–Trinajstić information content (AvgIpc) is 3.18. The lowest BCUT2D eigenvalue weighted by molar-refractivity contribution is 0.470. The number of rotatable bonds is 5. The van der Waals surface area contributed by atoms with Gasteiger partial charge in [0.1, 0.15) is 11.3 Å². The highest BCUT2D eigenvalue weighted by molar-refractivity contribution is 9.10. The SMILES string of the molecule is CC[C@H](C)c1ccc2oc(-c3cccc(N=Cc4cc(Br)cc(C)c4O)c3)nc2c1. The molecule has 1 N–H and O–H groups in total. The van der Waals surface area contributed by atoms with Gasteiger partial charge in [0.2, 0.25) is 5.89 Å². The van der Waals surface area contributed by atoms with Gasteiger partial charge in [-0.3, -0.25) is 4.99 Å². The first-order valence-electron chi connectivity index (χ1n) is 9.98. The Morgan fingerprint density at radius 2 is 2.00 bits per heavy atom. The van der Waals surface area contributed by atoms with E-state index in [0.29, 0.717) is 17.4 Å². The van der Waals surface area contributed by atoms with Gasteiger partial charge in [-0.15, -0.1) is 0 Å². The predicted molar refractivity (Wildman–Crippen MR) is 126 cm³/mol. The second-order valence-electron chi connectivity index (χ2n) is 7.52. The Morgan fingerprint density at radius 1 is 1.17 bits per heavy atom. The van der Waals surface area contributed by atoms with E-state index in [2.05, 4.69) is 46.9 Å². The van der Waals surface area contributed by atoms with Gasteiger partial charge in [0.15, 0.2) is 5.58 Å². The van der Waals surface area contributed by atoms with Crippen LogP contribution in [-0.2, 0) is 0 Å². The molecule has 0 bridgehead atoms. The summed E-state index contributed by atoms with van der Waals surface area (Å²) in [6, 6.07) is 17.6. The standard InChI is InChI=1S/C25H23BrN2O2/c1-4-15(2)17-8-9-23-22(13-17)28-25(30-23)18-6-5-7-21(12-18)27-14-19-11-20(26)10-16(3)24(19)29/h5-15,29H,4H2,1-3H3/t15-/m0/s1. The van der Waals surface area contributed by atoms with Gasteiger partial charge < -0.3 is 9.52 Å². The van der Waals surface area contributed by atoms with Crippen molar-refractivity contribution < 1.29 is 9.52 Å². The van der Waals surface area contributed by atoms with Crippen LogP contribution >= 0.6 is 15.9 Å². The number of aromatic nitrogens is 1. The number of nitrogens with zero attached hydrogens (tertiary/aromatic N) is 2. The smallest absolute Gasteiger partial charge is 0.227 e. The minimum atomic E-state index is 0.231. The third-order valence-electron chi connectivity index (χ3n) is 5.33. The molecule has 1 atom stereocenters. The van der Waals surface area contributed by atoms with Gasteiger partial charge in [0, 0.05) is 21.8 Å². The van der Waals surface area contributed by atoms with E-state index in [1.54, 1.807) is 6.21 Å². The van der Waals surface area contributed by atoms with Crippen molar-refractivity contribution in [2.75, 3.05) is 0 Å². The zero-order valence-electron chi connectivity index (χ0n) is 17.2. The molecule has 0 aliphatic carbocycles. The van der Waals surface area contributed by atoms with Crippen molar-refractivity contribution >= 4 is 38.9 Å². The molecule has 4 aromatic rings. The van der Waals surface area contributed by atoms with Crippen molar-refractivity contribution in [3.8, 4) is 17.2 Å². The predicted octanol–water partition coefficient (Wildman–Crippen LogP) is 7.54. The summed E-state index contributed by atoms with van der Waals surface area (Å²) in [7, 11) is 0. The molecule has 0 aliphatic rings. The minimum absolute atomic E-state index is 0.231. The number of hydrogen-bond acceptors (Lipinski definition) is 4. The van der Waals surface area contributed by atoms with Gasteiger partial charge in [-0.05, 0) is 72.9 Å². The minimum Gasteiger partial charge on any atom is -0.507 e. The van der Waals surface area contributed by atoms with Crippen LogP contribution < -0.4 is 0 Å². The van der Waals surface area contributed by atoms with Gasteiger partial charge in [-0.2, -0.15) is 0 Å². The quantitative estimate of drug-likeness (QED) is 0.311. The van der Waals surface area contributed by atoms with Gasteiger partial charge in [-0.25, -0.2) is 4.98 Å². The highest BCUT2D eigenvalue weighted by atomic mass is 79.9. The van der Waals surface area contributed by atoms with E-state index in [0.717, 1.165) is 38.8 Å². The molecule has 152 valence electrons. The third kappa shape index (κ3) is 4.17. The number of phenolic OH excluding ortho intramolecular Hbond substituents is 1. The molecule has 0 amide bonds. The molecule has 4 nitrogen and oxygen atoms in total. The van der Waals surface area contributed by atoms with Crippen molar-refractivity contribution in [2.24, 2.45) is 4.99 Å². The number of halogens is 1. The number of fused-ring (bicyclic) bond motifs is 1. The first kappa shape index (κ1) is 20.4. The second-order valence-corrected chi connectivity index (χ2v) is 8.44. The molecule has 0 unspecified atom stereocenters. The highest BCUT2D eigenvalue weighted by Gasteiger charge is 2.11. The van der Waals surface area contributed by atoms with Crippen molar-refractivity contribution in [3.05, 3.63) is 75.8 Å². The molecule has 30 heavy (non-hydrogen) atoms. The van der Waals surface area contributed by atoms with E-state index in [1.165, 1.54) is 5.56 Å². The summed E-state index contributed by atoms with van der Waals surface area (Å²) < 4.78 is 6.88. The molecular formula is C25H23BrN2O2. The van der Waals surface area contributed by atoms with Crippen LogP contribution in [-0.4, -0.2) is 16.3 Å². The van der Waals surface area contributed by atoms with Crippen molar-refractivity contribution in [1.82, 2.24) is 4.98 Å². The monoisotopic (exact) mass is 462 g/mol. The number of hydrogen-bond donors (Lipinski definition) is 1. The van der Waals surface area contributed by atoms with Gasteiger partial charge in [-0.1, -0.05) is 41.9 Å². The summed E-state index contributed by atoms with van der Waals surface area (Å²) in [6.07, 6.45) is 2.75. The summed E-state index contributed by atoms with van der Waals surface area (Å²) in [4.78, 5) is 9.23. The van der Waals surface area contributed by atoms with E-state index in [9.17, 15) is 5.11 Å². The van der Waals surface area contributed by atoms with E-state index in [4.69, 9.17) is 9.40 Å². The number of aromatic hydroxyl groups is 1. The lowest BCUT2D eigenvalue weighted by Gasteiger charge is -2.07. The van der Waals surface area contributed by atoms with E-state index in [1.807, 2.05) is 49.4 Å². The number of aryl methyl sites for hydroxylation is 1. The van der Waals surface area contributed by atoms with Crippen LogP contribution in [0.3, 0.4) is 0 Å². The fourth-order valence-corrected chi connectivity index (χ4v) is 3.92. The average molecular weight is 463 g/mol. The molecule has 0 radical (unpaired) electrons. The van der Waals surface area contributed by atoms with Gasteiger partial charge in [0.05, 0.1) is 5.69 Å². The number of benzene rings is 3. The lowest BCUT2D eigenvalue weighted by Crippen LogP contribution is -1.90. The van der Waals surface area contributed by atoms with Crippen LogP contribution in [0.25, 0.3) is 22.6 Å². The van der Waals surface area contributed by atoms with Crippen molar-refractivity contribution in [3.63, 3.8) is 0 Å². The molecule has 3 aromatic carbocycles. The Kier molecular flexibility index (Phi) is 5.73. The molecular weight excluding hydrogens is 440 g/mol. The molecule has 5 heteroatoms. The third-order valence-corrected chi connectivity index (χ3v) is 5.79. The topological polar surface area (TPSA) is 58.6 Å². The summed E-state index contributed by atoms with van der Waals surface area (Å²) in [5.74, 6) is 1.30. The maximum Gasteiger partial charge on any atom is 0.227 e. The maximum absolute atomic E-state index is 10.3. The Bertz CT molecular complexity index is 1240. The normalized spacial score (nSPS) is 12.7. The molecule has 1 heterocycles. The zero-order valence-corrected chi connectivity index (χ0v) is 18.8. The maximum atomic E-state index is 10.3. The zero-order chi connectivity index (χ0) is 21.3. The van der Waals surface area contributed by atoms with Crippen LogP contribution in [0.15, 0.2) is 68.5 Å². The highest BCUT2D eigenvalue weighted by Crippen LogP contribution is 2.30. The summed E-state index contributed by atoms with van der Waals surface area (Å²) in [5.41, 5.74) is 5.99. The molecule has 0 spiro atoms. The van der Waals surface area contributed by atoms with Crippen LogP contribution in [0.5, 0.6) is 5.75 Å². The summed E-state index contributed by atoms with van der Waals surface area (Å²) in [5, 5.41) is 10.3. The van der Waals surface area contributed by atoms with Gasteiger partial charge >= 0.3 is 0 Å². The van der Waals surface area contributed by atoms with Crippen LogP contribution in [0, 0.1) is 6.92 Å². The fourth-order valence-electron chi connectivity index (χ4n) is 3.33. The van der Waals surface area contributed by atoms with E-state index < -0.39 is 0 Å². The summed E-state index contributed by atoms with van der Waals surface area (Å²) in [6.45, 7) is 6.26. The molecule has 0 saturated carbocycles. The first-order chi connectivity index (χ1) is 14.4. The Hall–Kier alpha value is -2.92. The number of aliphatic imine (C=N–C) groups is 1. The first-order valence-corrected chi connectivity index (χ1v) is 10.8. The fraction of sp³-hybridized carbons (Fsp3) is 0.200. The molecule has 4 rings (SSSR count). The largest absolute Gasteiger partial charge is 0.507 e. The lowest BCUT2D eigenvalue weighted by atomic mass is 9.98. The van der Waals surface area contributed by atoms with E-state index in [-0.39, 0.29) is 5.75 Å². The Labute approximate surface area is 184 Å².